The van der Waals surface area contributed by atoms with Crippen LogP contribution in [0.3, 0.4) is 0 Å². The number of carbonyl (C=O) groups is 1. The molecule has 0 aliphatic rings. The molecule has 0 atom stereocenters. The van der Waals surface area contributed by atoms with Gasteiger partial charge < -0.3 is 9.84 Å². The fraction of sp³-hybridized carbons (Fsp3) is 0.160. The second-order valence-electron chi connectivity index (χ2n) is 7.70. The van der Waals surface area contributed by atoms with E-state index in [1.165, 1.54) is 13.0 Å². The minimum absolute atomic E-state index is 0.0494. The van der Waals surface area contributed by atoms with Gasteiger partial charge in [0.1, 0.15) is 17.4 Å². The van der Waals surface area contributed by atoms with Crippen molar-refractivity contribution in [2.75, 3.05) is 7.11 Å². The van der Waals surface area contributed by atoms with Crippen LogP contribution >= 0.6 is 46.1 Å². The molecule has 4 aromatic rings. The lowest BCUT2D eigenvalue weighted by molar-refractivity contribution is 0.103. The maximum absolute atomic E-state index is 13.6. The number of methoxy groups -OCH3 is 1. The Labute approximate surface area is 219 Å². The molecule has 2 heterocycles. The van der Waals surface area contributed by atoms with Gasteiger partial charge in [0, 0.05) is 21.7 Å². The quantitative estimate of drug-likeness (QED) is 0.282. The third-order valence-electron chi connectivity index (χ3n) is 5.67. The first-order valence-electron chi connectivity index (χ1n) is 10.3. The molecule has 0 aliphatic heterocycles. The zero-order chi connectivity index (χ0) is 25.4. The maximum Gasteiger partial charge on any atom is 0.271 e. The van der Waals surface area contributed by atoms with E-state index in [1.54, 1.807) is 25.3 Å². The number of aromatic nitrogens is 1. The summed E-state index contributed by atoms with van der Waals surface area (Å²) < 4.78 is 6.78. The molecule has 35 heavy (non-hydrogen) atoms. The molecule has 0 saturated heterocycles. The van der Waals surface area contributed by atoms with Crippen LogP contribution < -0.4 is 10.3 Å². The van der Waals surface area contributed by atoms with E-state index in [0.29, 0.717) is 27.3 Å². The van der Waals surface area contributed by atoms with Gasteiger partial charge in [0.25, 0.3) is 5.56 Å². The van der Waals surface area contributed by atoms with E-state index in [2.05, 4.69) is 0 Å². The molecule has 0 saturated carbocycles. The van der Waals surface area contributed by atoms with Gasteiger partial charge in [-0.05, 0) is 48.7 Å². The van der Waals surface area contributed by atoms with Gasteiger partial charge in [0.15, 0.2) is 0 Å². The highest BCUT2D eigenvalue weighted by molar-refractivity contribution is 7.22. The summed E-state index contributed by atoms with van der Waals surface area (Å²) in [7, 11) is 1.56. The van der Waals surface area contributed by atoms with E-state index >= 15 is 0 Å². The van der Waals surface area contributed by atoms with E-state index in [-0.39, 0.29) is 38.2 Å². The lowest BCUT2D eigenvalue weighted by Crippen LogP contribution is -2.27. The molecule has 2 aromatic carbocycles. The monoisotopic (exact) mass is 546 g/mol. The molecule has 4 rings (SSSR count). The molecule has 6 nitrogen and oxygen atoms in total. The predicted octanol–water partition coefficient (Wildman–Crippen LogP) is 6.39. The second-order valence-corrected chi connectivity index (χ2v) is 9.97. The molecule has 0 bridgehead atoms. The number of fused-ring (bicyclic) bond motifs is 1. The maximum atomic E-state index is 13.6. The van der Waals surface area contributed by atoms with Crippen molar-refractivity contribution in [2.45, 2.75) is 19.9 Å². The van der Waals surface area contributed by atoms with Crippen LogP contribution in [0.15, 0.2) is 41.2 Å². The first-order valence-corrected chi connectivity index (χ1v) is 12.2. The van der Waals surface area contributed by atoms with Crippen LogP contribution in [0.1, 0.15) is 31.9 Å². The smallest absolute Gasteiger partial charge is 0.271 e. The zero-order valence-corrected chi connectivity index (χ0v) is 21.6. The lowest BCUT2D eigenvalue weighted by atomic mass is 10.0. The summed E-state index contributed by atoms with van der Waals surface area (Å²) in [6.45, 7) is 1.50. The first-order chi connectivity index (χ1) is 16.7. The summed E-state index contributed by atoms with van der Waals surface area (Å²) in [6.07, 6.45) is 0.372. The Morgan fingerprint density at radius 1 is 1.20 bits per heavy atom. The Bertz CT molecular complexity index is 1580. The highest BCUT2D eigenvalue weighted by Gasteiger charge is 2.28. The van der Waals surface area contributed by atoms with Crippen LogP contribution in [0.25, 0.3) is 10.1 Å². The van der Waals surface area contributed by atoms with Crippen LogP contribution in [-0.2, 0) is 13.0 Å². The number of halogens is 3. The number of thiophene rings is 1. The summed E-state index contributed by atoms with van der Waals surface area (Å²) in [5.41, 5.74) is -0.1000. The van der Waals surface area contributed by atoms with Crippen LogP contribution in [0, 0.1) is 18.3 Å². The fourth-order valence-corrected chi connectivity index (χ4v) is 6.16. The number of aromatic hydroxyl groups is 1. The van der Waals surface area contributed by atoms with Crippen molar-refractivity contribution in [3.8, 4) is 17.7 Å². The van der Waals surface area contributed by atoms with Gasteiger partial charge in [0.05, 0.1) is 27.6 Å². The van der Waals surface area contributed by atoms with Crippen molar-refractivity contribution in [3.05, 3.63) is 89.0 Å². The first kappa shape index (κ1) is 25.1. The number of benzene rings is 2. The van der Waals surface area contributed by atoms with E-state index in [1.807, 2.05) is 18.2 Å². The number of aryl methyl sites for hydroxylation is 1. The standard InChI is InChI=1S/C25H17Cl3N2O4S/c1-12-16(11-29)24(32)30(8-7-13-3-5-15(34-2)6-4-13)25(33)19(12)22(31)23-21(28)20-17(27)9-14(26)10-18(20)35-23/h3-6,9-10,33H,7-8H2,1-2H3. The van der Waals surface area contributed by atoms with Crippen LogP contribution in [0.5, 0.6) is 11.6 Å². The zero-order valence-electron chi connectivity index (χ0n) is 18.5. The molecular formula is C25H17Cl3N2O4S. The number of rotatable bonds is 6. The highest BCUT2D eigenvalue weighted by Crippen LogP contribution is 2.43. The Kier molecular flexibility index (Phi) is 7.11. The van der Waals surface area contributed by atoms with E-state index in [4.69, 9.17) is 39.5 Å². The minimum atomic E-state index is -0.676. The van der Waals surface area contributed by atoms with Crippen molar-refractivity contribution >= 4 is 62.0 Å². The fourth-order valence-electron chi connectivity index (χ4n) is 3.83. The number of ether oxygens (including phenoxy) is 1. The molecule has 0 fully saturated rings. The third-order valence-corrected chi connectivity index (χ3v) is 7.81. The Hall–Kier alpha value is -3.02. The summed E-state index contributed by atoms with van der Waals surface area (Å²) >= 11 is 20.0. The van der Waals surface area contributed by atoms with Gasteiger partial charge in [-0.1, -0.05) is 46.9 Å². The van der Waals surface area contributed by atoms with Crippen molar-refractivity contribution in [1.82, 2.24) is 4.57 Å². The molecule has 178 valence electrons. The molecule has 10 heteroatoms. The van der Waals surface area contributed by atoms with Gasteiger partial charge in [0.2, 0.25) is 11.7 Å². The van der Waals surface area contributed by atoms with Crippen LogP contribution in [0.2, 0.25) is 15.1 Å². The van der Waals surface area contributed by atoms with E-state index in [0.717, 1.165) is 21.5 Å². The van der Waals surface area contributed by atoms with Crippen LogP contribution in [-0.4, -0.2) is 22.6 Å². The van der Waals surface area contributed by atoms with Gasteiger partial charge in [-0.25, -0.2) is 0 Å². The average molecular weight is 548 g/mol. The van der Waals surface area contributed by atoms with Crippen molar-refractivity contribution < 1.29 is 14.6 Å². The molecule has 0 spiro atoms. The molecular weight excluding hydrogens is 531 g/mol. The number of nitriles is 1. The highest BCUT2D eigenvalue weighted by atomic mass is 35.5. The van der Waals surface area contributed by atoms with Crippen molar-refractivity contribution in [2.24, 2.45) is 0 Å². The topological polar surface area (TPSA) is 92.3 Å². The van der Waals surface area contributed by atoms with Gasteiger partial charge >= 0.3 is 0 Å². The number of pyridine rings is 1. The summed E-state index contributed by atoms with van der Waals surface area (Å²) in [6, 6.07) is 12.3. The number of hydrogen-bond donors (Lipinski definition) is 1. The van der Waals surface area contributed by atoms with Gasteiger partial charge in [-0.3, -0.25) is 14.2 Å². The Balaban J connectivity index is 1.82. The number of nitrogens with zero attached hydrogens (tertiary/aromatic N) is 2. The number of hydrogen-bond acceptors (Lipinski definition) is 6. The third kappa shape index (κ3) is 4.51. The molecule has 0 aliphatic carbocycles. The molecule has 1 N–H and O–H groups in total. The number of carbonyl (C=O) groups excluding carboxylic acids is 1. The largest absolute Gasteiger partial charge is 0.497 e. The van der Waals surface area contributed by atoms with Crippen LogP contribution in [0.4, 0.5) is 0 Å². The normalized spacial score (nSPS) is 11.0. The second kappa shape index (κ2) is 9.92. The average Bonchev–Trinajstić information content (AvgIpc) is 3.15. The molecule has 0 unspecified atom stereocenters. The summed E-state index contributed by atoms with van der Waals surface area (Å²) in [4.78, 5) is 26.7. The lowest BCUT2D eigenvalue weighted by Gasteiger charge is -2.15. The SMILES string of the molecule is COc1ccc(CCn2c(O)c(C(=O)c3sc4cc(Cl)cc(Cl)c4c3Cl)c(C)c(C#N)c2=O)cc1. The molecule has 0 amide bonds. The van der Waals surface area contributed by atoms with Crippen molar-refractivity contribution in [1.29, 1.82) is 5.26 Å². The number of ketones is 1. The Morgan fingerprint density at radius 3 is 2.51 bits per heavy atom. The Morgan fingerprint density at radius 2 is 1.89 bits per heavy atom. The summed E-state index contributed by atoms with van der Waals surface area (Å²) in [5.74, 6) is -0.457. The van der Waals surface area contributed by atoms with Gasteiger partial charge in [-0.2, -0.15) is 5.26 Å². The molecule has 2 aromatic heterocycles. The van der Waals surface area contributed by atoms with E-state index in [9.17, 15) is 20.0 Å². The molecule has 0 radical (unpaired) electrons. The minimum Gasteiger partial charge on any atom is -0.497 e. The predicted molar refractivity (Wildman–Crippen MR) is 139 cm³/mol. The van der Waals surface area contributed by atoms with Crippen molar-refractivity contribution in [3.63, 3.8) is 0 Å². The summed E-state index contributed by atoms with van der Waals surface area (Å²) in [5, 5.41) is 22.0. The van der Waals surface area contributed by atoms with Gasteiger partial charge in [-0.15, -0.1) is 11.3 Å². The van der Waals surface area contributed by atoms with E-state index < -0.39 is 17.2 Å².